The van der Waals surface area contributed by atoms with Crippen LogP contribution < -0.4 is 5.73 Å². The summed E-state index contributed by atoms with van der Waals surface area (Å²) in [6, 6.07) is 12.5. The van der Waals surface area contributed by atoms with Crippen LogP contribution in [0, 0.1) is 0 Å². The van der Waals surface area contributed by atoms with Crippen molar-refractivity contribution in [1.29, 1.82) is 0 Å². The van der Waals surface area contributed by atoms with Gasteiger partial charge in [0.2, 0.25) is 0 Å². The van der Waals surface area contributed by atoms with Crippen LogP contribution in [0.2, 0.25) is 0 Å². The molecule has 0 aliphatic rings. The fourth-order valence-electron chi connectivity index (χ4n) is 1.61. The van der Waals surface area contributed by atoms with Crippen molar-refractivity contribution in [2.45, 2.75) is 17.4 Å². The minimum atomic E-state index is 0.168. The number of nitrogens with two attached hydrogens (primary N) is 1. The van der Waals surface area contributed by atoms with Crippen molar-refractivity contribution in [3.05, 3.63) is 58.8 Å². The summed E-state index contributed by atoms with van der Waals surface area (Å²) in [5.41, 5.74) is 7.38. The molecule has 4 heteroatoms. The molecule has 1 aromatic heterocycles. The van der Waals surface area contributed by atoms with Crippen molar-refractivity contribution in [2.24, 2.45) is 5.73 Å². The van der Waals surface area contributed by atoms with E-state index in [0.717, 1.165) is 16.6 Å². The fraction of sp³-hybridized carbons (Fsp3) is 0.214. The van der Waals surface area contributed by atoms with Crippen LogP contribution in [-0.2, 0) is 6.42 Å². The van der Waals surface area contributed by atoms with Gasteiger partial charge in [-0.25, -0.2) is 0 Å². The Labute approximate surface area is 120 Å². The molecule has 0 saturated carbocycles. The number of aromatic nitrogens is 1. The molecule has 2 nitrogen and oxygen atoms in total. The van der Waals surface area contributed by atoms with Gasteiger partial charge in [-0.15, -0.1) is 11.8 Å². The lowest BCUT2D eigenvalue weighted by Crippen LogP contribution is -2.25. The lowest BCUT2D eigenvalue weighted by Gasteiger charge is -2.11. The van der Waals surface area contributed by atoms with Crippen LogP contribution in [0.3, 0.4) is 0 Å². The molecular formula is C14H15BrN2S. The van der Waals surface area contributed by atoms with Crippen molar-refractivity contribution < 1.29 is 0 Å². The first kappa shape index (κ1) is 13.6. The van der Waals surface area contributed by atoms with Gasteiger partial charge in [0.1, 0.15) is 0 Å². The van der Waals surface area contributed by atoms with E-state index in [-0.39, 0.29) is 6.04 Å². The van der Waals surface area contributed by atoms with Gasteiger partial charge in [-0.05, 0) is 48.4 Å². The third-order valence-corrected chi connectivity index (χ3v) is 4.25. The van der Waals surface area contributed by atoms with E-state index in [1.165, 1.54) is 10.5 Å². The van der Waals surface area contributed by atoms with Crippen molar-refractivity contribution in [3.8, 4) is 0 Å². The smallest absolute Gasteiger partial charge is 0.0270 e. The van der Waals surface area contributed by atoms with E-state index in [1.807, 2.05) is 24.5 Å². The monoisotopic (exact) mass is 322 g/mol. The quantitative estimate of drug-likeness (QED) is 0.856. The summed E-state index contributed by atoms with van der Waals surface area (Å²) >= 11 is 5.22. The maximum absolute atomic E-state index is 6.13. The number of nitrogens with zero attached hydrogens (tertiary/aromatic N) is 1. The third-order valence-electron chi connectivity index (χ3n) is 2.52. The van der Waals surface area contributed by atoms with Gasteiger partial charge in [0, 0.05) is 33.6 Å². The first-order valence-corrected chi connectivity index (χ1v) is 7.55. The molecule has 0 bridgehead atoms. The summed E-state index contributed by atoms with van der Waals surface area (Å²) in [5, 5.41) is 0. The molecular weight excluding hydrogens is 308 g/mol. The molecule has 2 aromatic rings. The minimum absolute atomic E-state index is 0.168. The summed E-state index contributed by atoms with van der Waals surface area (Å²) in [5.74, 6) is 0.921. The first-order valence-electron chi connectivity index (χ1n) is 5.77. The highest BCUT2D eigenvalue weighted by molar-refractivity contribution is 9.10. The molecule has 1 heterocycles. The Kier molecular flexibility index (Phi) is 5.23. The van der Waals surface area contributed by atoms with Gasteiger partial charge in [0.25, 0.3) is 0 Å². The van der Waals surface area contributed by atoms with Crippen LogP contribution >= 0.6 is 27.7 Å². The molecule has 2 N–H and O–H groups in total. The van der Waals surface area contributed by atoms with E-state index in [9.17, 15) is 0 Å². The van der Waals surface area contributed by atoms with Crippen molar-refractivity contribution >= 4 is 27.7 Å². The molecule has 1 atom stereocenters. The normalized spacial score (nSPS) is 12.3. The number of hydrogen-bond donors (Lipinski definition) is 1. The Morgan fingerprint density at radius 2 is 1.78 bits per heavy atom. The van der Waals surface area contributed by atoms with Gasteiger partial charge >= 0.3 is 0 Å². The van der Waals surface area contributed by atoms with Crippen LogP contribution in [0.15, 0.2) is 58.2 Å². The molecule has 0 aliphatic heterocycles. The van der Waals surface area contributed by atoms with Gasteiger partial charge in [0.15, 0.2) is 0 Å². The van der Waals surface area contributed by atoms with Crippen LogP contribution in [0.1, 0.15) is 5.56 Å². The zero-order valence-electron chi connectivity index (χ0n) is 9.92. The summed E-state index contributed by atoms with van der Waals surface area (Å²) in [7, 11) is 0. The van der Waals surface area contributed by atoms with Crippen LogP contribution in [0.4, 0.5) is 0 Å². The average molecular weight is 323 g/mol. The molecule has 0 amide bonds. The summed E-state index contributed by atoms with van der Waals surface area (Å²) in [6.07, 6.45) is 4.51. The summed E-state index contributed by atoms with van der Waals surface area (Å²) in [4.78, 5) is 5.26. The lowest BCUT2D eigenvalue weighted by molar-refractivity contribution is 0.748. The van der Waals surface area contributed by atoms with Gasteiger partial charge in [0.05, 0.1) is 0 Å². The van der Waals surface area contributed by atoms with E-state index in [4.69, 9.17) is 5.73 Å². The number of thioether (sulfide) groups is 1. The molecule has 0 spiro atoms. The number of benzene rings is 1. The Hall–Kier alpha value is -0.840. The van der Waals surface area contributed by atoms with E-state index >= 15 is 0 Å². The minimum Gasteiger partial charge on any atom is -0.327 e. The standard InChI is InChI=1S/C14H15BrN2S/c15-12-1-3-14(4-2-12)18-10-13(16)9-11-5-7-17-8-6-11/h1-8,13H,9-10,16H2. The van der Waals surface area contributed by atoms with E-state index < -0.39 is 0 Å². The highest BCUT2D eigenvalue weighted by Gasteiger charge is 2.05. The first-order chi connectivity index (χ1) is 8.74. The topological polar surface area (TPSA) is 38.9 Å². The Bertz CT molecular complexity index is 473. The Balaban J connectivity index is 1.81. The fourth-order valence-corrected chi connectivity index (χ4v) is 2.73. The molecule has 0 radical (unpaired) electrons. The maximum atomic E-state index is 6.13. The highest BCUT2D eigenvalue weighted by atomic mass is 79.9. The summed E-state index contributed by atoms with van der Waals surface area (Å²) in [6.45, 7) is 0. The zero-order chi connectivity index (χ0) is 12.8. The maximum Gasteiger partial charge on any atom is 0.0270 e. The van der Waals surface area contributed by atoms with Gasteiger partial charge in [-0.3, -0.25) is 4.98 Å². The second kappa shape index (κ2) is 6.92. The molecule has 0 fully saturated rings. The molecule has 2 rings (SSSR count). The Morgan fingerprint density at radius 3 is 2.44 bits per heavy atom. The zero-order valence-corrected chi connectivity index (χ0v) is 12.3. The summed E-state index contributed by atoms with van der Waals surface area (Å²) < 4.78 is 1.10. The largest absolute Gasteiger partial charge is 0.327 e. The van der Waals surface area contributed by atoms with Gasteiger partial charge in [-0.1, -0.05) is 15.9 Å². The number of hydrogen-bond acceptors (Lipinski definition) is 3. The van der Waals surface area contributed by atoms with Crippen LogP contribution in [-0.4, -0.2) is 16.8 Å². The molecule has 1 aromatic carbocycles. The molecule has 0 aliphatic carbocycles. The van der Waals surface area contributed by atoms with Crippen molar-refractivity contribution in [2.75, 3.05) is 5.75 Å². The van der Waals surface area contributed by atoms with E-state index in [2.05, 4.69) is 45.2 Å². The number of rotatable bonds is 5. The third kappa shape index (κ3) is 4.44. The predicted octanol–water partition coefficient (Wildman–Crippen LogP) is 3.51. The second-order valence-electron chi connectivity index (χ2n) is 4.08. The van der Waals surface area contributed by atoms with Gasteiger partial charge in [-0.2, -0.15) is 0 Å². The second-order valence-corrected chi connectivity index (χ2v) is 6.09. The van der Waals surface area contributed by atoms with Crippen LogP contribution in [0.5, 0.6) is 0 Å². The van der Waals surface area contributed by atoms with Crippen LogP contribution in [0.25, 0.3) is 0 Å². The predicted molar refractivity (Wildman–Crippen MR) is 80.8 cm³/mol. The van der Waals surface area contributed by atoms with Gasteiger partial charge < -0.3 is 5.73 Å². The molecule has 1 unspecified atom stereocenters. The SMILES string of the molecule is NC(CSc1ccc(Br)cc1)Cc1ccncc1. The highest BCUT2D eigenvalue weighted by Crippen LogP contribution is 2.21. The number of pyridine rings is 1. The van der Waals surface area contributed by atoms with Crippen molar-refractivity contribution in [1.82, 2.24) is 4.98 Å². The van der Waals surface area contributed by atoms with E-state index in [1.54, 1.807) is 11.8 Å². The average Bonchev–Trinajstić information content (AvgIpc) is 2.39. The molecule has 94 valence electrons. The Morgan fingerprint density at radius 1 is 1.11 bits per heavy atom. The molecule has 0 saturated heterocycles. The number of halogens is 1. The van der Waals surface area contributed by atoms with E-state index in [0.29, 0.717) is 0 Å². The lowest BCUT2D eigenvalue weighted by atomic mass is 10.1. The van der Waals surface area contributed by atoms with Crippen molar-refractivity contribution in [3.63, 3.8) is 0 Å². The molecule has 18 heavy (non-hydrogen) atoms.